The molecule has 1 heterocycles. The Bertz CT molecular complexity index is 608. The van der Waals surface area contributed by atoms with Gasteiger partial charge in [-0.3, -0.25) is 9.59 Å². The van der Waals surface area contributed by atoms with Gasteiger partial charge < -0.3 is 25.2 Å². The molecule has 0 aliphatic carbocycles. The van der Waals surface area contributed by atoms with Gasteiger partial charge in [-0.2, -0.15) is 0 Å². The van der Waals surface area contributed by atoms with Crippen LogP contribution < -0.4 is 10.6 Å². The van der Waals surface area contributed by atoms with Crippen molar-refractivity contribution in [3.8, 4) is 0 Å². The summed E-state index contributed by atoms with van der Waals surface area (Å²) in [5.41, 5.74) is 0.679. The molecule has 8 nitrogen and oxygen atoms in total. The average molecular weight is 362 g/mol. The van der Waals surface area contributed by atoms with Gasteiger partial charge in [0.15, 0.2) is 0 Å². The van der Waals surface area contributed by atoms with Crippen LogP contribution in [0.4, 0.5) is 10.5 Å². The Hall–Kier alpha value is -2.61. The molecule has 1 saturated heterocycles. The summed E-state index contributed by atoms with van der Waals surface area (Å²) in [5.74, 6) is -0.430. The van der Waals surface area contributed by atoms with Gasteiger partial charge in [-0.05, 0) is 25.5 Å². The highest BCUT2D eigenvalue weighted by atomic mass is 16.5. The molecular weight excluding hydrogens is 336 g/mol. The standard InChI is InChI=1S/C18H26N4O4/c1-2-26-12-6-9-19-16(23)13-21-10-11-22(14-17(21)24)18(25)20-15-7-4-3-5-8-15/h3-5,7-8H,2,6,9-14H2,1H3,(H,19,23)(H,20,25). The Balaban J connectivity index is 1.71. The summed E-state index contributed by atoms with van der Waals surface area (Å²) in [6.45, 7) is 4.42. The minimum absolute atomic E-state index is 0.0155. The fourth-order valence-electron chi connectivity index (χ4n) is 2.55. The van der Waals surface area contributed by atoms with E-state index in [0.717, 1.165) is 6.42 Å². The molecule has 2 N–H and O–H groups in total. The summed E-state index contributed by atoms with van der Waals surface area (Å²) < 4.78 is 5.20. The summed E-state index contributed by atoms with van der Waals surface area (Å²) in [6.07, 6.45) is 0.737. The minimum Gasteiger partial charge on any atom is -0.382 e. The van der Waals surface area contributed by atoms with E-state index in [-0.39, 0.29) is 30.9 Å². The Morgan fingerprint density at radius 2 is 1.96 bits per heavy atom. The number of para-hydroxylation sites is 1. The molecule has 1 aliphatic rings. The largest absolute Gasteiger partial charge is 0.382 e. The highest BCUT2D eigenvalue weighted by Crippen LogP contribution is 2.09. The van der Waals surface area contributed by atoms with E-state index in [1.807, 2.05) is 25.1 Å². The normalized spacial score (nSPS) is 14.3. The van der Waals surface area contributed by atoms with E-state index in [0.29, 0.717) is 38.5 Å². The lowest BCUT2D eigenvalue weighted by atomic mass is 10.3. The fourth-order valence-corrected chi connectivity index (χ4v) is 2.55. The summed E-state index contributed by atoms with van der Waals surface area (Å²) in [4.78, 5) is 39.3. The van der Waals surface area contributed by atoms with Crippen LogP contribution in [-0.2, 0) is 14.3 Å². The second-order valence-electron chi connectivity index (χ2n) is 5.93. The zero-order valence-corrected chi connectivity index (χ0v) is 15.1. The molecule has 0 bridgehead atoms. The van der Waals surface area contributed by atoms with E-state index in [2.05, 4.69) is 10.6 Å². The van der Waals surface area contributed by atoms with Crippen LogP contribution in [0.2, 0.25) is 0 Å². The Morgan fingerprint density at radius 3 is 2.65 bits per heavy atom. The van der Waals surface area contributed by atoms with E-state index in [9.17, 15) is 14.4 Å². The van der Waals surface area contributed by atoms with Gasteiger partial charge in [-0.25, -0.2) is 4.79 Å². The fraction of sp³-hybridized carbons (Fsp3) is 0.500. The molecule has 0 saturated carbocycles. The van der Waals surface area contributed by atoms with Crippen LogP contribution in [0.1, 0.15) is 13.3 Å². The molecule has 0 aromatic heterocycles. The van der Waals surface area contributed by atoms with Crippen molar-refractivity contribution in [2.75, 3.05) is 51.3 Å². The van der Waals surface area contributed by atoms with Gasteiger partial charge in [0, 0.05) is 38.5 Å². The van der Waals surface area contributed by atoms with Crippen molar-refractivity contribution >= 4 is 23.5 Å². The number of benzene rings is 1. The van der Waals surface area contributed by atoms with Gasteiger partial charge in [-0.15, -0.1) is 0 Å². The molecule has 2 rings (SSSR count). The Labute approximate surface area is 153 Å². The zero-order chi connectivity index (χ0) is 18.8. The summed E-state index contributed by atoms with van der Waals surface area (Å²) in [7, 11) is 0. The predicted octanol–water partition coefficient (Wildman–Crippen LogP) is 0.906. The summed E-state index contributed by atoms with van der Waals surface area (Å²) in [6, 6.07) is 8.76. The van der Waals surface area contributed by atoms with Crippen molar-refractivity contribution in [3.05, 3.63) is 30.3 Å². The number of nitrogens with one attached hydrogen (secondary N) is 2. The van der Waals surface area contributed by atoms with Gasteiger partial charge in [0.25, 0.3) is 0 Å². The Kier molecular flexibility index (Phi) is 7.88. The number of hydrogen-bond donors (Lipinski definition) is 2. The average Bonchev–Trinajstić information content (AvgIpc) is 2.64. The SMILES string of the molecule is CCOCCCNC(=O)CN1CCN(C(=O)Nc2ccccc2)CC1=O. The van der Waals surface area contributed by atoms with Crippen LogP contribution in [-0.4, -0.2) is 73.6 Å². The molecule has 142 valence electrons. The first-order valence-corrected chi connectivity index (χ1v) is 8.83. The maximum atomic E-state index is 12.2. The number of hydrogen-bond acceptors (Lipinski definition) is 4. The van der Waals surface area contributed by atoms with Gasteiger partial charge >= 0.3 is 6.03 Å². The molecule has 0 unspecified atom stereocenters. The number of piperazine rings is 1. The molecule has 1 aromatic rings. The first-order chi connectivity index (χ1) is 12.6. The van der Waals surface area contributed by atoms with Crippen LogP contribution in [0.5, 0.6) is 0 Å². The molecule has 0 spiro atoms. The molecule has 1 aliphatic heterocycles. The second-order valence-corrected chi connectivity index (χ2v) is 5.93. The number of anilines is 1. The van der Waals surface area contributed by atoms with Crippen molar-refractivity contribution in [2.45, 2.75) is 13.3 Å². The van der Waals surface area contributed by atoms with Crippen molar-refractivity contribution in [1.29, 1.82) is 0 Å². The first-order valence-electron chi connectivity index (χ1n) is 8.83. The number of rotatable bonds is 8. The number of nitrogens with zero attached hydrogens (tertiary/aromatic N) is 2. The molecule has 8 heteroatoms. The zero-order valence-electron chi connectivity index (χ0n) is 15.1. The van der Waals surface area contributed by atoms with E-state index in [4.69, 9.17) is 4.74 Å². The summed E-state index contributed by atoms with van der Waals surface area (Å²) in [5, 5.41) is 5.53. The van der Waals surface area contributed by atoms with E-state index in [1.165, 1.54) is 9.80 Å². The highest BCUT2D eigenvalue weighted by molar-refractivity contribution is 5.94. The topological polar surface area (TPSA) is 91.0 Å². The highest BCUT2D eigenvalue weighted by Gasteiger charge is 2.28. The van der Waals surface area contributed by atoms with Gasteiger partial charge in [0.2, 0.25) is 11.8 Å². The lowest BCUT2D eigenvalue weighted by Gasteiger charge is -2.33. The molecule has 4 amide bonds. The molecule has 26 heavy (non-hydrogen) atoms. The smallest absolute Gasteiger partial charge is 0.322 e. The second kappa shape index (κ2) is 10.4. The van der Waals surface area contributed by atoms with Crippen molar-refractivity contribution < 1.29 is 19.1 Å². The van der Waals surface area contributed by atoms with Gasteiger partial charge in [0.05, 0.1) is 6.54 Å². The first kappa shape index (κ1) is 19.7. The van der Waals surface area contributed by atoms with Crippen LogP contribution in [0.25, 0.3) is 0 Å². The van der Waals surface area contributed by atoms with Crippen molar-refractivity contribution in [3.63, 3.8) is 0 Å². The minimum atomic E-state index is -0.315. The number of carbonyl (C=O) groups is 3. The lowest BCUT2D eigenvalue weighted by molar-refractivity contribution is -0.139. The number of urea groups is 1. The van der Waals surface area contributed by atoms with Crippen LogP contribution in [0.3, 0.4) is 0 Å². The third-order valence-electron chi connectivity index (χ3n) is 3.96. The number of ether oxygens (including phenoxy) is 1. The third-order valence-corrected chi connectivity index (χ3v) is 3.96. The van der Waals surface area contributed by atoms with Crippen LogP contribution in [0.15, 0.2) is 30.3 Å². The predicted molar refractivity (Wildman–Crippen MR) is 97.7 cm³/mol. The van der Waals surface area contributed by atoms with E-state index >= 15 is 0 Å². The monoisotopic (exact) mass is 362 g/mol. The number of carbonyl (C=O) groups excluding carboxylic acids is 3. The van der Waals surface area contributed by atoms with Crippen LogP contribution in [0, 0.1) is 0 Å². The lowest BCUT2D eigenvalue weighted by Crippen LogP contribution is -2.55. The van der Waals surface area contributed by atoms with Gasteiger partial charge in [0.1, 0.15) is 6.54 Å². The number of amides is 4. The third kappa shape index (κ3) is 6.36. The molecular formula is C18H26N4O4. The Morgan fingerprint density at radius 1 is 1.19 bits per heavy atom. The maximum Gasteiger partial charge on any atom is 0.322 e. The molecule has 1 fully saturated rings. The van der Waals surface area contributed by atoms with Gasteiger partial charge in [-0.1, -0.05) is 18.2 Å². The van der Waals surface area contributed by atoms with Crippen molar-refractivity contribution in [1.82, 2.24) is 15.1 Å². The molecule has 1 aromatic carbocycles. The quantitative estimate of drug-likeness (QED) is 0.673. The summed E-state index contributed by atoms with van der Waals surface area (Å²) >= 11 is 0. The van der Waals surface area contributed by atoms with E-state index in [1.54, 1.807) is 12.1 Å². The van der Waals surface area contributed by atoms with E-state index < -0.39 is 0 Å². The molecule has 0 radical (unpaired) electrons. The molecule has 0 atom stereocenters. The maximum absolute atomic E-state index is 12.2. The van der Waals surface area contributed by atoms with Crippen LogP contribution >= 0.6 is 0 Å². The van der Waals surface area contributed by atoms with Crippen molar-refractivity contribution in [2.24, 2.45) is 0 Å².